The van der Waals surface area contributed by atoms with Gasteiger partial charge in [0.25, 0.3) is 0 Å². The van der Waals surface area contributed by atoms with Crippen molar-refractivity contribution in [2.24, 2.45) is 0 Å². The smallest absolute Gasteiger partial charge is 0.408 e. The van der Waals surface area contributed by atoms with Crippen LogP contribution in [0.4, 0.5) is 4.79 Å². The van der Waals surface area contributed by atoms with Crippen LogP contribution in [0.5, 0.6) is 5.75 Å². The third-order valence-corrected chi connectivity index (χ3v) is 6.39. The highest BCUT2D eigenvalue weighted by atomic mass is 28.3. The predicted octanol–water partition coefficient (Wildman–Crippen LogP) is 3.76. The summed E-state index contributed by atoms with van der Waals surface area (Å²) in [6.07, 6.45) is -0.740. The predicted molar refractivity (Wildman–Crippen MR) is 97.5 cm³/mol. The summed E-state index contributed by atoms with van der Waals surface area (Å²) in [5.74, 6) is 0.755. The molecule has 1 aliphatic rings. The van der Waals surface area contributed by atoms with Gasteiger partial charge in [-0.3, -0.25) is 0 Å². The molecule has 2 aromatic rings. The van der Waals surface area contributed by atoms with Crippen molar-refractivity contribution in [3.63, 3.8) is 0 Å². The number of hydrogen-bond acceptors (Lipinski definition) is 3. The number of alkyl carbamates (subject to hydrolysis) is 1. The molecule has 1 saturated heterocycles. The summed E-state index contributed by atoms with van der Waals surface area (Å²) in [5.41, 5.74) is 2.00. The van der Waals surface area contributed by atoms with E-state index in [2.05, 4.69) is 49.2 Å². The lowest BCUT2D eigenvalue weighted by Crippen LogP contribution is -2.38. The van der Waals surface area contributed by atoms with Crippen LogP contribution >= 0.6 is 0 Å². The molecule has 0 aromatic heterocycles. The highest BCUT2D eigenvalue weighted by Crippen LogP contribution is 2.37. The number of carbonyl (C=O) groups is 1. The van der Waals surface area contributed by atoms with Crippen LogP contribution in [0.25, 0.3) is 0 Å². The number of hydrogen-bond donors (Lipinski definition) is 1. The molecule has 0 unspecified atom stereocenters. The minimum Gasteiger partial charge on any atom is -0.497 e. The summed E-state index contributed by atoms with van der Waals surface area (Å²) in [7, 11) is 0.210. The maximum Gasteiger partial charge on any atom is 0.408 e. The van der Waals surface area contributed by atoms with Crippen LogP contribution in [0.15, 0.2) is 48.5 Å². The van der Waals surface area contributed by atoms with E-state index in [9.17, 15) is 4.79 Å². The molecule has 126 valence electrons. The van der Waals surface area contributed by atoms with Gasteiger partial charge in [-0.25, -0.2) is 4.79 Å². The van der Waals surface area contributed by atoms with Gasteiger partial charge in [-0.1, -0.05) is 61.2 Å². The van der Waals surface area contributed by atoms with E-state index >= 15 is 0 Å². The zero-order valence-corrected chi connectivity index (χ0v) is 15.5. The molecule has 0 radical (unpaired) electrons. The molecule has 2 aromatic carbocycles. The van der Waals surface area contributed by atoms with Crippen LogP contribution in [-0.4, -0.2) is 21.3 Å². The molecule has 24 heavy (non-hydrogen) atoms. The van der Waals surface area contributed by atoms with Gasteiger partial charge in [0.1, 0.15) is 5.75 Å². The minimum absolute atomic E-state index is 0.194. The van der Waals surface area contributed by atoms with E-state index < -0.39 is 8.07 Å². The van der Waals surface area contributed by atoms with Gasteiger partial charge >= 0.3 is 6.09 Å². The lowest BCUT2D eigenvalue weighted by Gasteiger charge is -2.22. The molecule has 1 aliphatic heterocycles. The number of benzene rings is 2. The molecular weight excluding hydrogens is 318 g/mol. The van der Waals surface area contributed by atoms with Crippen LogP contribution in [-0.2, 0) is 4.74 Å². The van der Waals surface area contributed by atoms with Gasteiger partial charge < -0.3 is 14.8 Å². The van der Waals surface area contributed by atoms with Crippen molar-refractivity contribution in [2.75, 3.05) is 7.11 Å². The summed E-state index contributed by atoms with van der Waals surface area (Å²) in [5, 5.41) is 4.31. The van der Waals surface area contributed by atoms with Gasteiger partial charge in [0, 0.05) is 0 Å². The number of nitrogens with one attached hydrogen (secondary N) is 1. The number of methoxy groups -OCH3 is 1. The van der Waals surface area contributed by atoms with Crippen molar-refractivity contribution in [1.82, 2.24) is 5.32 Å². The molecule has 0 spiro atoms. The maximum absolute atomic E-state index is 11.9. The van der Waals surface area contributed by atoms with E-state index in [4.69, 9.17) is 9.47 Å². The third kappa shape index (κ3) is 3.31. The molecular formula is C19H23NO3Si. The standard InChI is InChI=1S/C19H23NO3Si/c1-22-15-9-5-8-14(11-15)18-17(20-19(21)23-18)13-7-6-10-16(12-13)24(2,3)4/h5-12,17-18H,1-4H3,(H,20,21)/t17-,18-/m1/s1. The number of amides is 1. The molecule has 3 rings (SSSR count). The van der Waals surface area contributed by atoms with Crippen molar-refractivity contribution >= 4 is 19.4 Å². The van der Waals surface area contributed by atoms with Gasteiger partial charge in [-0.2, -0.15) is 0 Å². The second-order valence-electron chi connectivity index (χ2n) is 7.10. The first-order valence-electron chi connectivity index (χ1n) is 8.10. The number of rotatable bonds is 4. The van der Waals surface area contributed by atoms with Crippen molar-refractivity contribution in [3.8, 4) is 5.75 Å². The molecule has 1 heterocycles. The van der Waals surface area contributed by atoms with Crippen molar-refractivity contribution < 1.29 is 14.3 Å². The fourth-order valence-corrected chi connectivity index (χ4v) is 4.15. The molecule has 2 atom stereocenters. The molecule has 1 N–H and O–H groups in total. The molecule has 0 saturated carbocycles. The monoisotopic (exact) mass is 341 g/mol. The van der Waals surface area contributed by atoms with E-state index in [1.165, 1.54) is 5.19 Å². The Hall–Kier alpha value is -2.27. The first-order chi connectivity index (χ1) is 11.4. The summed E-state index contributed by atoms with van der Waals surface area (Å²) in [6, 6.07) is 16.0. The van der Waals surface area contributed by atoms with Crippen LogP contribution < -0.4 is 15.2 Å². The summed E-state index contributed by atoms with van der Waals surface area (Å²) in [4.78, 5) is 11.9. The van der Waals surface area contributed by atoms with Crippen molar-refractivity contribution in [3.05, 3.63) is 59.7 Å². The normalized spacial score (nSPS) is 20.4. The van der Waals surface area contributed by atoms with Gasteiger partial charge in [-0.15, -0.1) is 0 Å². The highest BCUT2D eigenvalue weighted by Gasteiger charge is 2.37. The Kier molecular flexibility index (Phi) is 4.37. The number of ether oxygens (including phenoxy) is 2. The Morgan fingerprint density at radius 3 is 2.46 bits per heavy atom. The topological polar surface area (TPSA) is 47.6 Å². The summed E-state index contributed by atoms with van der Waals surface area (Å²) < 4.78 is 10.8. The second-order valence-corrected chi connectivity index (χ2v) is 12.2. The van der Waals surface area contributed by atoms with Crippen LogP contribution in [0.1, 0.15) is 23.3 Å². The van der Waals surface area contributed by atoms with Crippen LogP contribution in [0.3, 0.4) is 0 Å². The van der Waals surface area contributed by atoms with Crippen LogP contribution in [0.2, 0.25) is 19.6 Å². The van der Waals surface area contributed by atoms with E-state index in [0.29, 0.717) is 0 Å². The van der Waals surface area contributed by atoms with Gasteiger partial charge in [0.15, 0.2) is 6.10 Å². The molecule has 4 nitrogen and oxygen atoms in total. The quantitative estimate of drug-likeness (QED) is 0.861. The SMILES string of the molecule is COc1cccc([C@H]2OC(=O)N[C@@H]2c2cccc([Si](C)(C)C)c2)c1. The molecule has 1 fully saturated rings. The minimum atomic E-state index is -1.42. The van der Waals surface area contributed by atoms with E-state index in [1.807, 2.05) is 24.3 Å². The van der Waals surface area contributed by atoms with E-state index in [1.54, 1.807) is 7.11 Å². The highest BCUT2D eigenvalue weighted by molar-refractivity contribution is 6.88. The van der Waals surface area contributed by atoms with Crippen LogP contribution in [0, 0.1) is 0 Å². The zero-order chi connectivity index (χ0) is 17.3. The van der Waals surface area contributed by atoms with Gasteiger partial charge in [0.05, 0.1) is 21.2 Å². The summed E-state index contributed by atoms with van der Waals surface area (Å²) in [6.45, 7) is 6.94. The largest absolute Gasteiger partial charge is 0.497 e. The molecule has 5 heteroatoms. The zero-order valence-electron chi connectivity index (χ0n) is 14.5. The Morgan fingerprint density at radius 1 is 1.04 bits per heavy atom. The van der Waals surface area contributed by atoms with E-state index in [-0.39, 0.29) is 18.2 Å². The summed E-state index contributed by atoms with van der Waals surface area (Å²) >= 11 is 0. The van der Waals surface area contributed by atoms with Crippen molar-refractivity contribution in [1.29, 1.82) is 0 Å². The number of cyclic esters (lactones) is 1. The Morgan fingerprint density at radius 2 is 1.75 bits per heavy atom. The average molecular weight is 341 g/mol. The molecule has 1 amide bonds. The number of carbonyl (C=O) groups excluding carboxylic acids is 1. The Balaban J connectivity index is 1.98. The van der Waals surface area contributed by atoms with Crippen molar-refractivity contribution in [2.45, 2.75) is 31.8 Å². The average Bonchev–Trinajstić information content (AvgIpc) is 2.96. The van der Waals surface area contributed by atoms with Gasteiger partial charge in [-0.05, 0) is 23.3 Å². The third-order valence-electron chi connectivity index (χ3n) is 4.34. The molecule has 0 aliphatic carbocycles. The first-order valence-corrected chi connectivity index (χ1v) is 11.6. The fraction of sp³-hybridized carbons (Fsp3) is 0.316. The second kappa shape index (κ2) is 6.32. The maximum atomic E-state index is 11.9. The van der Waals surface area contributed by atoms with E-state index in [0.717, 1.165) is 16.9 Å². The van der Waals surface area contributed by atoms with Gasteiger partial charge in [0.2, 0.25) is 0 Å². The molecule has 0 bridgehead atoms. The Labute approximate surface area is 143 Å². The first kappa shape index (κ1) is 16.6. The lowest BCUT2D eigenvalue weighted by atomic mass is 9.96. The fourth-order valence-electron chi connectivity index (χ4n) is 2.96. The lowest BCUT2D eigenvalue weighted by molar-refractivity contribution is 0.132. The Bertz CT molecular complexity index is 754.